The summed E-state index contributed by atoms with van der Waals surface area (Å²) < 4.78 is 5.71. The summed E-state index contributed by atoms with van der Waals surface area (Å²) in [5.41, 5.74) is 0.300. The van der Waals surface area contributed by atoms with Gasteiger partial charge in [0.25, 0.3) is 0 Å². The van der Waals surface area contributed by atoms with Crippen molar-refractivity contribution >= 4 is 12.4 Å². The first kappa shape index (κ1) is 14.2. The number of nitrogens with zero attached hydrogens (tertiary/aromatic N) is 1. The van der Waals surface area contributed by atoms with Crippen LogP contribution in [0.5, 0.6) is 0 Å². The summed E-state index contributed by atoms with van der Waals surface area (Å²) >= 11 is 0. The lowest BCUT2D eigenvalue weighted by Crippen LogP contribution is -2.48. The van der Waals surface area contributed by atoms with Crippen LogP contribution in [-0.2, 0) is 4.74 Å². The minimum Gasteiger partial charge on any atom is -0.363 e. The second-order valence-electron chi connectivity index (χ2n) is 4.94. The van der Waals surface area contributed by atoms with Crippen LogP contribution >= 0.6 is 12.4 Å². The van der Waals surface area contributed by atoms with Crippen LogP contribution in [0, 0.1) is 5.41 Å². The van der Waals surface area contributed by atoms with Gasteiger partial charge in [0.1, 0.15) is 6.23 Å². The number of hydrogen-bond donors (Lipinski definition) is 1. The van der Waals surface area contributed by atoms with E-state index in [9.17, 15) is 0 Å². The SMILES string of the molecule is CN(C)CCC1NCC(C)(C)CO1.Cl. The van der Waals surface area contributed by atoms with E-state index in [0.717, 1.165) is 26.1 Å². The predicted octanol–water partition coefficient (Wildman–Crippen LogP) is 1.33. The number of hydrogen-bond acceptors (Lipinski definition) is 3. The molecule has 3 nitrogen and oxygen atoms in total. The molecule has 86 valence electrons. The van der Waals surface area contributed by atoms with E-state index in [4.69, 9.17) is 4.74 Å². The zero-order valence-corrected chi connectivity index (χ0v) is 10.5. The fourth-order valence-electron chi connectivity index (χ4n) is 1.39. The minimum absolute atomic E-state index is 0. The Balaban J connectivity index is 0.00000169. The fourth-order valence-corrected chi connectivity index (χ4v) is 1.39. The summed E-state index contributed by atoms with van der Waals surface area (Å²) in [4.78, 5) is 2.19. The Bertz CT molecular complexity index is 149. The number of halogens is 1. The van der Waals surface area contributed by atoms with Gasteiger partial charge < -0.3 is 9.64 Å². The Kier molecular flexibility index (Phi) is 5.98. The van der Waals surface area contributed by atoms with Gasteiger partial charge in [-0.15, -0.1) is 12.4 Å². The molecule has 0 aromatic rings. The number of ether oxygens (including phenoxy) is 1. The third-order valence-corrected chi connectivity index (χ3v) is 2.32. The van der Waals surface area contributed by atoms with Crippen LogP contribution in [0.15, 0.2) is 0 Å². The van der Waals surface area contributed by atoms with Crippen LogP contribution in [0.2, 0.25) is 0 Å². The Morgan fingerprint density at radius 3 is 2.50 bits per heavy atom. The quantitative estimate of drug-likeness (QED) is 0.780. The summed E-state index contributed by atoms with van der Waals surface area (Å²) in [6.07, 6.45) is 1.33. The van der Waals surface area contributed by atoms with Gasteiger partial charge in [-0.25, -0.2) is 0 Å². The summed E-state index contributed by atoms with van der Waals surface area (Å²) in [7, 11) is 4.18. The van der Waals surface area contributed by atoms with E-state index in [1.165, 1.54) is 0 Å². The Morgan fingerprint density at radius 1 is 1.43 bits per heavy atom. The molecule has 14 heavy (non-hydrogen) atoms. The molecule has 0 spiro atoms. The lowest BCUT2D eigenvalue weighted by molar-refractivity contribution is -0.0626. The van der Waals surface area contributed by atoms with Crippen LogP contribution in [-0.4, -0.2) is 44.9 Å². The van der Waals surface area contributed by atoms with Crippen molar-refractivity contribution in [2.75, 3.05) is 33.8 Å². The van der Waals surface area contributed by atoms with Crippen molar-refractivity contribution in [2.45, 2.75) is 26.5 Å². The highest BCUT2D eigenvalue weighted by molar-refractivity contribution is 5.85. The maximum Gasteiger partial charge on any atom is 0.109 e. The molecule has 0 aromatic carbocycles. The van der Waals surface area contributed by atoms with E-state index in [2.05, 4.69) is 38.2 Å². The van der Waals surface area contributed by atoms with Crippen LogP contribution in [0.4, 0.5) is 0 Å². The Labute approximate surface area is 93.6 Å². The molecule has 0 radical (unpaired) electrons. The van der Waals surface area contributed by atoms with Crippen molar-refractivity contribution < 1.29 is 4.74 Å². The van der Waals surface area contributed by atoms with Crippen LogP contribution in [0.25, 0.3) is 0 Å². The van der Waals surface area contributed by atoms with Crippen molar-refractivity contribution in [3.63, 3.8) is 0 Å². The first-order valence-electron chi connectivity index (χ1n) is 4.99. The average Bonchev–Trinajstić information content (AvgIpc) is 2.02. The van der Waals surface area contributed by atoms with E-state index < -0.39 is 0 Å². The standard InChI is InChI=1S/C10H22N2O.ClH/c1-10(2)7-11-9(13-8-10)5-6-12(3)4;/h9,11H,5-8H2,1-4H3;1H. The van der Waals surface area contributed by atoms with E-state index >= 15 is 0 Å². The highest BCUT2D eigenvalue weighted by atomic mass is 35.5. The predicted molar refractivity (Wildman–Crippen MR) is 61.9 cm³/mol. The minimum atomic E-state index is 0. The molecule has 1 heterocycles. The van der Waals surface area contributed by atoms with E-state index in [1.54, 1.807) is 0 Å². The largest absolute Gasteiger partial charge is 0.363 e. The van der Waals surface area contributed by atoms with Crippen molar-refractivity contribution in [1.29, 1.82) is 0 Å². The van der Waals surface area contributed by atoms with E-state index in [-0.39, 0.29) is 18.6 Å². The van der Waals surface area contributed by atoms with E-state index in [1.807, 2.05) is 0 Å². The van der Waals surface area contributed by atoms with Crippen molar-refractivity contribution in [2.24, 2.45) is 5.41 Å². The molecular weight excluding hydrogens is 200 g/mol. The smallest absolute Gasteiger partial charge is 0.109 e. The first-order valence-corrected chi connectivity index (χ1v) is 4.99. The monoisotopic (exact) mass is 222 g/mol. The van der Waals surface area contributed by atoms with Gasteiger partial charge in [-0.05, 0) is 20.5 Å². The van der Waals surface area contributed by atoms with Crippen molar-refractivity contribution in [3.05, 3.63) is 0 Å². The maximum atomic E-state index is 5.71. The summed E-state index contributed by atoms with van der Waals surface area (Å²) in [6.45, 7) is 7.46. The lowest BCUT2D eigenvalue weighted by Gasteiger charge is -2.35. The van der Waals surface area contributed by atoms with Gasteiger partial charge in [0.15, 0.2) is 0 Å². The van der Waals surface area contributed by atoms with E-state index in [0.29, 0.717) is 5.41 Å². The Hall–Kier alpha value is 0.170. The van der Waals surface area contributed by atoms with Gasteiger partial charge in [-0.1, -0.05) is 13.8 Å². The zero-order chi connectivity index (χ0) is 9.90. The molecule has 0 aliphatic carbocycles. The molecular formula is C10H23ClN2O. The highest BCUT2D eigenvalue weighted by Gasteiger charge is 2.26. The molecule has 1 saturated heterocycles. The van der Waals surface area contributed by atoms with Crippen LogP contribution in [0.3, 0.4) is 0 Å². The number of nitrogens with one attached hydrogen (secondary N) is 1. The van der Waals surface area contributed by atoms with Gasteiger partial charge in [-0.2, -0.15) is 0 Å². The van der Waals surface area contributed by atoms with Gasteiger partial charge >= 0.3 is 0 Å². The van der Waals surface area contributed by atoms with Gasteiger partial charge in [0, 0.05) is 18.5 Å². The molecule has 1 aliphatic rings. The molecule has 0 bridgehead atoms. The summed E-state index contributed by atoms with van der Waals surface area (Å²) in [5.74, 6) is 0. The summed E-state index contributed by atoms with van der Waals surface area (Å²) in [6, 6.07) is 0. The van der Waals surface area contributed by atoms with Gasteiger partial charge in [0.2, 0.25) is 0 Å². The molecule has 1 N–H and O–H groups in total. The third-order valence-electron chi connectivity index (χ3n) is 2.32. The zero-order valence-electron chi connectivity index (χ0n) is 9.67. The molecule has 1 atom stereocenters. The second-order valence-corrected chi connectivity index (χ2v) is 4.94. The van der Waals surface area contributed by atoms with Crippen LogP contribution in [0.1, 0.15) is 20.3 Å². The second kappa shape index (κ2) is 5.91. The first-order chi connectivity index (χ1) is 5.99. The molecule has 4 heteroatoms. The fraction of sp³-hybridized carbons (Fsp3) is 1.00. The lowest BCUT2D eigenvalue weighted by atomic mass is 9.93. The van der Waals surface area contributed by atoms with Gasteiger partial charge in [-0.3, -0.25) is 5.32 Å². The molecule has 0 amide bonds. The van der Waals surface area contributed by atoms with Crippen molar-refractivity contribution in [1.82, 2.24) is 10.2 Å². The maximum absolute atomic E-state index is 5.71. The molecule has 0 saturated carbocycles. The molecule has 1 unspecified atom stereocenters. The molecule has 1 fully saturated rings. The summed E-state index contributed by atoms with van der Waals surface area (Å²) in [5, 5.41) is 3.42. The normalized spacial score (nSPS) is 25.9. The Morgan fingerprint density at radius 2 is 2.07 bits per heavy atom. The molecule has 0 aromatic heterocycles. The third kappa shape index (κ3) is 5.15. The molecule has 1 rings (SSSR count). The molecule has 1 aliphatic heterocycles. The van der Waals surface area contributed by atoms with Gasteiger partial charge in [0.05, 0.1) is 6.61 Å². The highest BCUT2D eigenvalue weighted by Crippen LogP contribution is 2.19. The van der Waals surface area contributed by atoms with Crippen LogP contribution < -0.4 is 5.32 Å². The number of rotatable bonds is 3. The average molecular weight is 223 g/mol. The topological polar surface area (TPSA) is 24.5 Å². The van der Waals surface area contributed by atoms with Crippen molar-refractivity contribution in [3.8, 4) is 0 Å².